The number of carboxylic acids is 1. The number of ether oxygens (including phenoxy) is 3. The fourth-order valence-electron chi connectivity index (χ4n) is 2.85. The van der Waals surface area contributed by atoms with E-state index >= 15 is 0 Å². The molecule has 0 aliphatic rings. The van der Waals surface area contributed by atoms with Crippen LogP contribution in [0.3, 0.4) is 0 Å². The van der Waals surface area contributed by atoms with Crippen LogP contribution in [0.2, 0.25) is 0 Å². The Bertz CT molecular complexity index is 942. The number of esters is 3. The molecule has 0 aliphatic carbocycles. The van der Waals surface area contributed by atoms with Crippen LogP contribution in [0, 0.1) is 0 Å². The third kappa shape index (κ3) is 10.7. The van der Waals surface area contributed by atoms with Gasteiger partial charge in [-0.1, -0.05) is 64.3 Å². The van der Waals surface area contributed by atoms with Gasteiger partial charge in [0.15, 0.2) is 0 Å². The minimum absolute atomic E-state index is 0.0241. The Balaban J connectivity index is 0.000000369. The molecule has 0 atom stereocenters. The molecule has 1 N–H and O–H groups in total. The lowest BCUT2D eigenvalue weighted by molar-refractivity contribution is 0.0452. The summed E-state index contributed by atoms with van der Waals surface area (Å²) in [5.74, 6) is -2.64. The summed E-state index contributed by atoms with van der Waals surface area (Å²) in [7, 11) is 0. The molecule has 0 unspecified atom stereocenters. The summed E-state index contributed by atoms with van der Waals surface area (Å²) in [5, 5.41) is 8.88. The number of carboxylic acid groups (broad SMARTS) is 1. The molecular weight excluding hydrogens is 464 g/mol. The van der Waals surface area contributed by atoms with Gasteiger partial charge in [-0.25, -0.2) is 19.2 Å². The standard InChI is InChI=1S/C16H22O4.C12H14O4/c1-3-5-11-19-15(17)13-9-7-8-10-14(13)16(18)20-12-6-4-2;1-2-3-8-16-12(15)10-7-5-4-6-9(10)11(13)14/h7-10H,3-6,11-12H2,1-2H3;4-7H,2-3,8H2,1H3,(H,13,14). The van der Waals surface area contributed by atoms with Crippen molar-refractivity contribution in [3.8, 4) is 0 Å². The molecule has 0 spiro atoms. The highest BCUT2D eigenvalue weighted by atomic mass is 16.5. The van der Waals surface area contributed by atoms with E-state index in [2.05, 4.69) is 0 Å². The lowest BCUT2D eigenvalue weighted by atomic mass is 10.1. The van der Waals surface area contributed by atoms with E-state index in [0.717, 1.165) is 38.5 Å². The molecular formula is C28H36O8. The van der Waals surface area contributed by atoms with Crippen LogP contribution in [-0.4, -0.2) is 48.8 Å². The highest BCUT2D eigenvalue weighted by molar-refractivity contribution is 6.03. The fraction of sp³-hybridized carbons (Fsp3) is 0.429. The first-order chi connectivity index (χ1) is 17.4. The van der Waals surface area contributed by atoms with Gasteiger partial charge in [0, 0.05) is 0 Å². The predicted octanol–water partition coefficient (Wildman–Crippen LogP) is 5.94. The molecule has 0 saturated heterocycles. The largest absolute Gasteiger partial charge is 0.478 e. The molecule has 2 aromatic carbocycles. The number of unbranched alkanes of at least 4 members (excludes halogenated alkanes) is 3. The molecule has 0 bridgehead atoms. The summed E-state index contributed by atoms with van der Waals surface area (Å²) in [4.78, 5) is 46.3. The first-order valence-electron chi connectivity index (χ1n) is 12.3. The number of aromatic carboxylic acids is 1. The number of carbonyl (C=O) groups is 4. The van der Waals surface area contributed by atoms with E-state index < -0.39 is 23.9 Å². The molecule has 196 valence electrons. The van der Waals surface area contributed by atoms with Gasteiger partial charge in [-0.3, -0.25) is 0 Å². The van der Waals surface area contributed by atoms with Crippen molar-refractivity contribution in [2.24, 2.45) is 0 Å². The highest BCUT2D eigenvalue weighted by Gasteiger charge is 2.19. The lowest BCUT2D eigenvalue weighted by Gasteiger charge is -2.09. The van der Waals surface area contributed by atoms with Crippen LogP contribution in [0.15, 0.2) is 48.5 Å². The van der Waals surface area contributed by atoms with Crippen LogP contribution < -0.4 is 0 Å². The van der Waals surface area contributed by atoms with E-state index in [1.165, 1.54) is 12.1 Å². The van der Waals surface area contributed by atoms with E-state index in [9.17, 15) is 19.2 Å². The summed E-state index contributed by atoms with van der Waals surface area (Å²) in [6, 6.07) is 12.6. The van der Waals surface area contributed by atoms with Gasteiger partial charge >= 0.3 is 23.9 Å². The van der Waals surface area contributed by atoms with Crippen molar-refractivity contribution in [3.05, 3.63) is 70.8 Å². The number of hydrogen-bond acceptors (Lipinski definition) is 7. The molecule has 0 aromatic heterocycles. The summed E-state index contributed by atoms with van der Waals surface area (Å²) < 4.78 is 15.2. The third-order valence-electron chi connectivity index (χ3n) is 4.94. The summed E-state index contributed by atoms with van der Waals surface area (Å²) in [6.07, 6.45) is 5.24. The number of carbonyl (C=O) groups excluding carboxylic acids is 3. The lowest BCUT2D eigenvalue weighted by Crippen LogP contribution is -2.14. The third-order valence-corrected chi connectivity index (χ3v) is 4.94. The monoisotopic (exact) mass is 500 g/mol. The fourth-order valence-corrected chi connectivity index (χ4v) is 2.85. The van der Waals surface area contributed by atoms with E-state index in [-0.39, 0.29) is 22.3 Å². The first-order valence-corrected chi connectivity index (χ1v) is 12.3. The average molecular weight is 501 g/mol. The Kier molecular flexibility index (Phi) is 14.9. The molecule has 2 aromatic rings. The second-order valence-corrected chi connectivity index (χ2v) is 7.86. The normalized spacial score (nSPS) is 9.97. The van der Waals surface area contributed by atoms with Crippen LogP contribution in [-0.2, 0) is 14.2 Å². The summed E-state index contributed by atoms with van der Waals surface area (Å²) >= 11 is 0. The number of benzene rings is 2. The van der Waals surface area contributed by atoms with Gasteiger partial charge in [0.2, 0.25) is 0 Å². The van der Waals surface area contributed by atoms with Crippen molar-refractivity contribution in [3.63, 3.8) is 0 Å². The zero-order valence-electron chi connectivity index (χ0n) is 21.3. The van der Waals surface area contributed by atoms with Crippen molar-refractivity contribution >= 4 is 23.9 Å². The van der Waals surface area contributed by atoms with Crippen molar-refractivity contribution < 1.29 is 38.5 Å². The number of hydrogen-bond donors (Lipinski definition) is 1. The molecule has 0 saturated carbocycles. The van der Waals surface area contributed by atoms with Gasteiger partial charge in [0.25, 0.3) is 0 Å². The molecule has 36 heavy (non-hydrogen) atoms. The minimum Gasteiger partial charge on any atom is -0.478 e. The van der Waals surface area contributed by atoms with Gasteiger partial charge in [-0.15, -0.1) is 0 Å². The Hall–Kier alpha value is -3.68. The van der Waals surface area contributed by atoms with E-state index in [4.69, 9.17) is 19.3 Å². The predicted molar refractivity (Wildman–Crippen MR) is 135 cm³/mol. The Morgan fingerprint density at radius 1 is 0.556 bits per heavy atom. The van der Waals surface area contributed by atoms with Crippen LogP contribution in [0.5, 0.6) is 0 Å². The maximum atomic E-state index is 11.9. The van der Waals surface area contributed by atoms with Gasteiger partial charge in [0.05, 0.1) is 42.1 Å². The topological polar surface area (TPSA) is 116 Å². The SMILES string of the molecule is CCCCOC(=O)c1ccccc1C(=O)O.CCCCOC(=O)c1ccccc1C(=O)OCCCC. The zero-order valence-corrected chi connectivity index (χ0v) is 21.3. The van der Waals surface area contributed by atoms with Crippen molar-refractivity contribution in [1.29, 1.82) is 0 Å². The first kappa shape index (κ1) is 30.4. The molecule has 8 heteroatoms. The van der Waals surface area contributed by atoms with Crippen LogP contribution in [0.25, 0.3) is 0 Å². The van der Waals surface area contributed by atoms with Gasteiger partial charge in [-0.05, 0) is 43.5 Å². The molecule has 0 fully saturated rings. The van der Waals surface area contributed by atoms with Crippen molar-refractivity contribution in [2.75, 3.05) is 19.8 Å². The molecule has 0 radical (unpaired) electrons. The summed E-state index contributed by atoms with van der Waals surface area (Å²) in [6.45, 7) is 7.09. The second kappa shape index (κ2) is 17.7. The second-order valence-electron chi connectivity index (χ2n) is 7.86. The van der Waals surface area contributed by atoms with E-state index in [1.807, 2.05) is 20.8 Å². The van der Waals surface area contributed by atoms with Crippen LogP contribution >= 0.6 is 0 Å². The van der Waals surface area contributed by atoms with E-state index in [1.54, 1.807) is 36.4 Å². The van der Waals surface area contributed by atoms with Crippen LogP contribution in [0.1, 0.15) is 101 Å². The van der Waals surface area contributed by atoms with Crippen LogP contribution in [0.4, 0.5) is 0 Å². The Morgan fingerprint density at radius 3 is 1.11 bits per heavy atom. The van der Waals surface area contributed by atoms with E-state index in [0.29, 0.717) is 19.8 Å². The maximum absolute atomic E-state index is 11.9. The Labute approximate surface area is 212 Å². The molecule has 8 nitrogen and oxygen atoms in total. The van der Waals surface area contributed by atoms with Gasteiger partial charge in [-0.2, -0.15) is 0 Å². The van der Waals surface area contributed by atoms with Crippen molar-refractivity contribution in [2.45, 2.75) is 59.3 Å². The quantitative estimate of drug-likeness (QED) is 0.204. The highest BCUT2D eigenvalue weighted by Crippen LogP contribution is 2.13. The van der Waals surface area contributed by atoms with Gasteiger partial charge in [0.1, 0.15) is 0 Å². The molecule has 0 amide bonds. The average Bonchev–Trinajstić information content (AvgIpc) is 2.89. The molecule has 0 heterocycles. The number of rotatable bonds is 13. The van der Waals surface area contributed by atoms with Crippen molar-refractivity contribution in [1.82, 2.24) is 0 Å². The van der Waals surface area contributed by atoms with Gasteiger partial charge < -0.3 is 19.3 Å². The minimum atomic E-state index is -1.12. The Morgan fingerprint density at radius 2 is 0.833 bits per heavy atom. The molecule has 2 rings (SSSR count). The maximum Gasteiger partial charge on any atom is 0.339 e. The molecule has 0 aliphatic heterocycles. The summed E-state index contributed by atoms with van der Waals surface area (Å²) in [5.41, 5.74) is 0.616. The zero-order chi connectivity index (χ0) is 26.8. The smallest absolute Gasteiger partial charge is 0.339 e.